The van der Waals surface area contributed by atoms with Gasteiger partial charge in [0.2, 0.25) is 11.0 Å². The molecule has 1 fully saturated rings. The normalized spacial score (nSPS) is 16.6. The molecule has 2 heterocycles. The molecule has 27 heavy (non-hydrogen) atoms. The predicted molar refractivity (Wildman–Crippen MR) is 106 cm³/mol. The molecule has 0 atom stereocenters. The third-order valence-electron chi connectivity index (χ3n) is 4.57. The minimum absolute atomic E-state index is 0.136. The van der Waals surface area contributed by atoms with Crippen molar-refractivity contribution in [3.8, 4) is 10.6 Å². The quantitative estimate of drug-likeness (QED) is 0.815. The van der Waals surface area contributed by atoms with Crippen LogP contribution in [0.2, 0.25) is 0 Å². The van der Waals surface area contributed by atoms with Crippen molar-refractivity contribution >= 4 is 32.6 Å². The lowest BCUT2D eigenvalue weighted by atomic mass is 9.97. The fourth-order valence-corrected chi connectivity index (χ4v) is 4.76. The van der Waals surface area contributed by atoms with E-state index in [1.54, 1.807) is 0 Å². The summed E-state index contributed by atoms with van der Waals surface area (Å²) >= 11 is 1.33. The SMILES string of the molecule is Cc1ccc(-c2nnc(NC(=O)C3CCN(S(=O)(=O)N(C)C)CC3)s2)cc1. The smallest absolute Gasteiger partial charge is 0.281 e. The first-order chi connectivity index (χ1) is 12.8. The fraction of sp³-hybridized carbons (Fsp3) is 0.471. The van der Waals surface area contributed by atoms with Crippen molar-refractivity contribution in [3.63, 3.8) is 0 Å². The standard InChI is InChI=1S/C17H23N5O3S2/c1-12-4-6-14(7-5-12)16-19-20-17(26-16)18-15(23)13-8-10-22(11-9-13)27(24,25)21(2)3/h4-7,13H,8-11H2,1-3H3,(H,18,20,23). The molecule has 146 valence electrons. The summed E-state index contributed by atoms with van der Waals surface area (Å²) in [7, 11) is -0.405. The van der Waals surface area contributed by atoms with Crippen LogP contribution >= 0.6 is 11.3 Å². The van der Waals surface area contributed by atoms with E-state index in [9.17, 15) is 13.2 Å². The Balaban J connectivity index is 1.58. The van der Waals surface area contributed by atoms with Crippen molar-refractivity contribution in [1.29, 1.82) is 0 Å². The highest BCUT2D eigenvalue weighted by molar-refractivity contribution is 7.86. The molecule has 0 aliphatic carbocycles. The number of nitrogens with zero attached hydrogens (tertiary/aromatic N) is 4. The van der Waals surface area contributed by atoms with Gasteiger partial charge in [0.1, 0.15) is 5.01 Å². The molecule has 1 aromatic heterocycles. The zero-order chi connectivity index (χ0) is 19.6. The average Bonchev–Trinajstić information content (AvgIpc) is 3.10. The van der Waals surface area contributed by atoms with Gasteiger partial charge in [-0.1, -0.05) is 41.2 Å². The first-order valence-corrected chi connectivity index (χ1v) is 10.9. The summed E-state index contributed by atoms with van der Waals surface area (Å²) in [5, 5.41) is 12.2. The molecular formula is C17H23N5O3S2. The summed E-state index contributed by atoms with van der Waals surface area (Å²) < 4.78 is 26.9. The number of piperidine rings is 1. The molecule has 0 bridgehead atoms. The second kappa shape index (κ2) is 8.01. The molecule has 1 amide bonds. The van der Waals surface area contributed by atoms with Crippen LogP contribution in [0.1, 0.15) is 18.4 Å². The van der Waals surface area contributed by atoms with Crippen LogP contribution in [0, 0.1) is 12.8 Å². The summed E-state index contributed by atoms with van der Waals surface area (Å²) in [5.41, 5.74) is 2.13. The van der Waals surface area contributed by atoms with Gasteiger partial charge in [-0.25, -0.2) is 0 Å². The Morgan fingerprint density at radius 2 is 1.81 bits per heavy atom. The minimum atomic E-state index is -3.42. The molecule has 0 unspecified atom stereocenters. The van der Waals surface area contributed by atoms with Gasteiger partial charge in [-0.05, 0) is 19.8 Å². The maximum atomic E-state index is 12.5. The molecule has 1 aliphatic rings. The highest BCUT2D eigenvalue weighted by Crippen LogP contribution is 2.28. The predicted octanol–water partition coefficient (Wildman–Crippen LogP) is 1.97. The summed E-state index contributed by atoms with van der Waals surface area (Å²) in [4.78, 5) is 12.5. The van der Waals surface area contributed by atoms with Gasteiger partial charge in [0.25, 0.3) is 10.2 Å². The Hall–Kier alpha value is -1.88. The van der Waals surface area contributed by atoms with Gasteiger partial charge in [0.15, 0.2) is 0 Å². The molecule has 1 saturated heterocycles. The number of amides is 1. The molecule has 1 aromatic carbocycles. The Morgan fingerprint density at radius 3 is 2.41 bits per heavy atom. The molecule has 1 aliphatic heterocycles. The van der Waals surface area contributed by atoms with E-state index in [0.717, 1.165) is 10.6 Å². The number of rotatable bonds is 5. The van der Waals surface area contributed by atoms with Crippen molar-refractivity contribution in [2.45, 2.75) is 19.8 Å². The van der Waals surface area contributed by atoms with E-state index in [0.29, 0.717) is 31.1 Å². The largest absolute Gasteiger partial charge is 0.300 e. The highest BCUT2D eigenvalue weighted by Gasteiger charge is 2.32. The molecule has 0 saturated carbocycles. The first kappa shape index (κ1) is 19.9. The van der Waals surface area contributed by atoms with Crippen LogP contribution in [0.25, 0.3) is 10.6 Å². The lowest BCUT2D eigenvalue weighted by Gasteiger charge is -2.31. The van der Waals surface area contributed by atoms with E-state index < -0.39 is 10.2 Å². The van der Waals surface area contributed by atoms with E-state index >= 15 is 0 Å². The Kier molecular flexibility index (Phi) is 5.89. The van der Waals surface area contributed by atoms with E-state index in [1.807, 2.05) is 31.2 Å². The topological polar surface area (TPSA) is 95.5 Å². The monoisotopic (exact) mass is 409 g/mol. The number of aromatic nitrogens is 2. The Bertz CT molecular complexity index is 901. The molecule has 3 rings (SSSR count). The van der Waals surface area contributed by atoms with Crippen molar-refractivity contribution in [1.82, 2.24) is 18.8 Å². The molecule has 0 spiro atoms. The maximum absolute atomic E-state index is 12.5. The first-order valence-electron chi connectivity index (χ1n) is 8.66. The molecule has 0 radical (unpaired) electrons. The zero-order valence-electron chi connectivity index (χ0n) is 15.5. The van der Waals surface area contributed by atoms with Gasteiger partial charge in [0.05, 0.1) is 0 Å². The average molecular weight is 410 g/mol. The van der Waals surface area contributed by atoms with Gasteiger partial charge < -0.3 is 5.32 Å². The van der Waals surface area contributed by atoms with E-state index in [1.165, 1.54) is 39.6 Å². The number of hydrogen-bond acceptors (Lipinski definition) is 6. The van der Waals surface area contributed by atoms with E-state index in [2.05, 4.69) is 15.5 Å². The molecular weight excluding hydrogens is 386 g/mol. The van der Waals surface area contributed by atoms with Gasteiger partial charge in [-0.15, -0.1) is 10.2 Å². The van der Waals surface area contributed by atoms with Crippen LogP contribution in [-0.4, -0.2) is 60.3 Å². The van der Waals surface area contributed by atoms with Crippen molar-refractivity contribution in [2.75, 3.05) is 32.5 Å². The zero-order valence-corrected chi connectivity index (χ0v) is 17.2. The van der Waals surface area contributed by atoms with Crippen LogP contribution in [0.3, 0.4) is 0 Å². The van der Waals surface area contributed by atoms with Gasteiger partial charge in [0, 0.05) is 38.7 Å². The van der Waals surface area contributed by atoms with Crippen LogP contribution in [0.5, 0.6) is 0 Å². The third kappa shape index (κ3) is 4.52. The number of benzene rings is 1. The van der Waals surface area contributed by atoms with E-state index in [4.69, 9.17) is 0 Å². The summed E-state index contributed by atoms with van der Waals surface area (Å²) in [6.45, 7) is 2.69. The summed E-state index contributed by atoms with van der Waals surface area (Å²) in [5.74, 6) is -0.367. The number of carbonyl (C=O) groups excluding carboxylic acids is 1. The minimum Gasteiger partial charge on any atom is -0.300 e. The number of nitrogens with one attached hydrogen (secondary N) is 1. The molecule has 8 nitrogen and oxygen atoms in total. The summed E-state index contributed by atoms with van der Waals surface area (Å²) in [6, 6.07) is 7.96. The lowest BCUT2D eigenvalue weighted by Crippen LogP contribution is -2.46. The van der Waals surface area contributed by atoms with Crippen LogP contribution in [0.15, 0.2) is 24.3 Å². The van der Waals surface area contributed by atoms with Gasteiger partial charge in [-0.3, -0.25) is 4.79 Å². The number of anilines is 1. The van der Waals surface area contributed by atoms with Crippen molar-refractivity contribution in [3.05, 3.63) is 29.8 Å². The summed E-state index contributed by atoms with van der Waals surface area (Å²) in [6.07, 6.45) is 0.977. The lowest BCUT2D eigenvalue weighted by molar-refractivity contribution is -0.120. The molecule has 1 N–H and O–H groups in total. The Labute approximate surface area is 163 Å². The fourth-order valence-electron chi connectivity index (χ4n) is 2.87. The van der Waals surface area contributed by atoms with Crippen LogP contribution in [0.4, 0.5) is 5.13 Å². The van der Waals surface area contributed by atoms with Crippen molar-refractivity contribution < 1.29 is 13.2 Å². The van der Waals surface area contributed by atoms with Crippen molar-refractivity contribution in [2.24, 2.45) is 5.92 Å². The van der Waals surface area contributed by atoms with Gasteiger partial charge >= 0.3 is 0 Å². The Morgan fingerprint density at radius 1 is 1.19 bits per heavy atom. The number of aryl methyl sites for hydroxylation is 1. The second-order valence-electron chi connectivity index (χ2n) is 6.73. The molecule has 2 aromatic rings. The number of hydrogen-bond donors (Lipinski definition) is 1. The van der Waals surface area contributed by atoms with E-state index in [-0.39, 0.29) is 11.8 Å². The third-order valence-corrected chi connectivity index (χ3v) is 7.39. The van der Waals surface area contributed by atoms with Crippen LogP contribution < -0.4 is 5.32 Å². The molecule has 10 heteroatoms. The number of carbonyl (C=O) groups is 1. The second-order valence-corrected chi connectivity index (χ2v) is 9.85. The van der Waals surface area contributed by atoms with Crippen LogP contribution in [-0.2, 0) is 15.0 Å². The highest BCUT2D eigenvalue weighted by atomic mass is 32.2. The maximum Gasteiger partial charge on any atom is 0.281 e. The van der Waals surface area contributed by atoms with Gasteiger partial charge in [-0.2, -0.15) is 17.0 Å².